The van der Waals surface area contributed by atoms with E-state index in [0.717, 1.165) is 21.1 Å². The first-order valence-electron chi connectivity index (χ1n) is 6.84. The zero-order valence-corrected chi connectivity index (χ0v) is 13.3. The smallest absolute Gasteiger partial charge is 0.262 e. The van der Waals surface area contributed by atoms with Crippen LogP contribution in [0.4, 0.5) is 5.69 Å². The molecule has 0 aliphatic rings. The molecule has 21 heavy (non-hydrogen) atoms. The van der Waals surface area contributed by atoms with Gasteiger partial charge in [-0.3, -0.25) is 4.79 Å². The third-order valence-corrected chi connectivity index (χ3v) is 4.24. The number of allylic oxidation sites excluding steroid dienone is 1. The molecule has 0 radical (unpaired) electrons. The number of amides is 1. The lowest BCUT2D eigenvalue weighted by Crippen LogP contribution is -2.13. The molecule has 0 saturated carbocycles. The van der Waals surface area contributed by atoms with Crippen LogP contribution < -0.4 is 5.32 Å². The molecule has 0 aliphatic carbocycles. The Labute approximate surface area is 130 Å². The monoisotopic (exact) mass is 297 g/mol. The summed E-state index contributed by atoms with van der Waals surface area (Å²) in [5.74, 6) is -0.0623. The van der Waals surface area contributed by atoms with Crippen molar-refractivity contribution in [2.45, 2.75) is 25.7 Å². The third kappa shape index (κ3) is 4.50. The van der Waals surface area contributed by atoms with Gasteiger partial charge in [-0.1, -0.05) is 53.2 Å². The summed E-state index contributed by atoms with van der Waals surface area (Å²) in [4.78, 5) is 14.3. The molecule has 2 aromatic rings. The van der Waals surface area contributed by atoms with Crippen molar-refractivity contribution in [1.29, 1.82) is 0 Å². The number of thioether (sulfide) groups is 1. The molecule has 108 valence electrons. The normalized spacial score (nSPS) is 10.0. The Morgan fingerprint density at radius 2 is 1.57 bits per heavy atom. The van der Waals surface area contributed by atoms with Crippen molar-refractivity contribution in [3.05, 3.63) is 70.6 Å². The van der Waals surface area contributed by atoms with Gasteiger partial charge in [0, 0.05) is 10.6 Å². The van der Waals surface area contributed by atoms with Gasteiger partial charge < -0.3 is 5.32 Å². The van der Waals surface area contributed by atoms with E-state index in [1.165, 1.54) is 17.3 Å². The molecule has 0 aliphatic heterocycles. The minimum atomic E-state index is -0.0623. The van der Waals surface area contributed by atoms with Crippen LogP contribution in [0.3, 0.4) is 0 Å². The second-order valence-electron chi connectivity index (χ2n) is 5.06. The number of nitrogens with one attached hydrogen (secondary N) is 1. The molecule has 0 bridgehead atoms. The van der Waals surface area contributed by atoms with Crippen molar-refractivity contribution in [2.24, 2.45) is 0 Å². The fraction of sp³-hybridized carbons (Fsp3) is 0.167. The van der Waals surface area contributed by atoms with Crippen LogP contribution in [0.1, 0.15) is 19.4 Å². The Morgan fingerprint density at radius 1 is 0.952 bits per heavy atom. The Hall–Kier alpha value is -2.00. The summed E-state index contributed by atoms with van der Waals surface area (Å²) in [6, 6.07) is 17.8. The topological polar surface area (TPSA) is 29.1 Å². The van der Waals surface area contributed by atoms with Crippen molar-refractivity contribution in [2.75, 3.05) is 5.32 Å². The minimum absolute atomic E-state index is 0.0623. The van der Waals surface area contributed by atoms with Gasteiger partial charge in [-0.25, -0.2) is 0 Å². The first-order valence-corrected chi connectivity index (χ1v) is 7.66. The van der Waals surface area contributed by atoms with Crippen molar-refractivity contribution in [1.82, 2.24) is 0 Å². The number of benzene rings is 2. The van der Waals surface area contributed by atoms with E-state index < -0.39 is 0 Å². The molecule has 1 amide bonds. The average molecular weight is 297 g/mol. The Balaban J connectivity index is 2.14. The molecule has 2 aromatic carbocycles. The standard InChI is InChI=1S/C18H19NOS/c1-13(2)17(21-16-7-5-4-6-8-16)18(20)19-15-11-9-14(3)10-12-15/h4-12H,1-3H3,(H,19,20). The highest BCUT2D eigenvalue weighted by atomic mass is 32.2. The molecule has 0 atom stereocenters. The fourth-order valence-corrected chi connectivity index (χ4v) is 2.68. The van der Waals surface area contributed by atoms with E-state index in [-0.39, 0.29) is 5.91 Å². The van der Waals surface area contributed by atoms with Gasteiger partial charge in [0.25, 0.3) is 5.91 Å². The molecule has 1 N–H and O–H groups in total. The summed E-state index contributed by atoms with van der Waals surface area (Å²) in [5.41, 5.74) is 3.00. The van der Waals surface area contributed by atoms with Crippen molar-refractivity contribution in [3.63, 3.8) is 0 Å². The van der Waals surface area contributed by atoms with Crippen molar-refractivity contribution >= 4 is 23.4 Å². The lowest BCUT2D eigenvalue weighted by Gasteiger charge is -2.11. The summed E-state index contributed by atoms with van der Waals surface area (Å²) in [6.45, 7) is 5.94. The van der Waals surface area contributed by atoms with Gasteiger partial charge in [-0.2, -0.15) is 0 Å². The lowest BCUT2D eigenvalue weighted by atomic mass is 10.2. The maximum Gasteiger partial charge on any atom is 0.262 e. The Kier molecular flexibility index (Phi) is 5.23. The molecule has 0 saturated heterocycles. The predicted octanol–water partition coefficient (Wildman–Crippen LogP) is 5.02. The molecule has 2 rings (SSSR count). The fourth-order valence-electron chi connectivity index (χ4n) is 1.81. The van der Waals surface area contributed by atoms with Crippen molar-refractivity contribution < 1.29 is 4.79 Å². The van der Waals surface area contributed by atoms with Gasteiger partial charge >= 0.3 is 0 Å². The third-order valence-electron chi connectivity index (χ3n) is 2.93. The van der Waals surface area contributed by atoms with Crippen LogP contribution in [0.15, 0.2) is 70.0 Å². The molecule has 0 heterocycles. The van der Waals surface area contributed by atoms with Gasteiger partial charge in [0.1, 0.15) is 0 Å². The van der Waals surface area contributed by atoms with Crippen molar-refractivity contribution in [3.8, 4) is 0 Å². The second-order valence-corrected chi connectivity index (χ2v) is 6.15. The largest absolute Gasteiger partial charge is 0.322 e. The number of hydrogen-bond acceptors (Lipinski definition) is 2. The van der Waals surface area contributed by atoms with Crippen LogP contribution in [0.5, 0.6) is 0 Å². The van der Waals surface area contributed by atoms with E-state index in [0.29, 0.717) is 0 Å². The van der Waals surface area contributed by atoms with Crippen LogP contribution in [-0.2, 0) is 4.79 Å². The van der Waals surface area contributed by atoms with E-state index >= 15 is 0 Å². The van der Waals surface area contributed by atoms with Gasteiger partial charge in [0.2, 0.25) is 0 Å². The Morgan fingerprint density at radius 3 is 2.14 bits per heavy atom. The predicted molar refractivity (Wildman–Crippen MR) is 90.5 cm³/mol. The SMILES string of the molecule is CC(C)=C(Sc1ccccc1)C(=O)Nc1ccc(C)cc1. The molecule has 0 unspecified atom stereocenters. The molecular weight excluding hydrogens is 278 g/mol. The molecule has 3 heteroatoms. The number of rotatable bonds is 4. The van der Waals surface area contributed by atoms with Gasteiger partial charge in [-0.05, 0) is 45.0 Å². The van der Waals surface area contributed by atoms with E-state index in [9.17, 15) is 4.79 Å². The van der Waals surface area contributed by atoms with Gasteiger partial charge in [0.15, 0.2) is 0 Å². The first kappa shape index (κ1) is 15.4. The van der Waals surface area contributed by atoms with E-state index in [4.69, 9.17) is 0 Å². The number of carbonyl (C=O) groups excluding carboxylic acids is 1. The van der Waals surface area contributed by atoms with E-state index in [2.05, 4.69) is 5.32 Å². The highest BCUT2D eigenvalue weighted by molar-refractivity contribution is 8.04. The minimum Gasteiger partial charge on any atom is -0.322 e. The zero-order chi connectivity index (χ0) is 15.2. The molecule has 0 aromatic heterocycles. The van der Waals surface area contributed by atoms with Gasteiger partial charge in [-0.15, -0.1) is 0 Å². The first-order chi connectivity index (χ1) is 10.1. The number of aryl methyl sites for hydroxylation is 1. The summed E-state index contributed by atoms with van der Waals surface area (Å²) in [6.07, 6.45) is 0. The number of anilines is 1. The highest BCUT2D eigenvalue weighted by Crippen LogP contribution is 2.29. The van der Waals surface area contributed by atoms with Gasteiger partial charge in [0.05, 0.1) is 4.91 Å². The highest BCUT2D eigenvalue weighted by Gasteiger charge is 2.13. The summed E-state index contributed by atoms with van der Waals surface area (Å²) in [5, 5.41) is 2.95. The molecule has 0 fully saturated rings. The molecular formula is C18H19NOS. The maximum absolute atomic E-state index is 12.5. The summed E-state index contributed by atoms with van der Waals surface area (Å²) < 4.78 is 0. The van der Waals surface area contributed by atoms with Crippen LogP contribution in [0.2, 0.25) is 0 Å². The summed E-state index contributed by atoms with van der Waals surface area (Å²) >= 11 is 1.49. The van der Waals surface area contributed by atoms with Crippen LogP contribution >= 0.6 is 11.8 Å². The molecule has 2 nitrogen and oxygen atoms in total. The zero-order valence-electron chi connectivity index (χ0n) is 12.5. The van der Waals surface area contributed by atoms with Crippen LogP contribution in [0, 0.1) is 6.92 Å². The number of carbonyl (C=O) groups is 1. The van der Waals surface area contributed by atoms with Crippen LogP contribution in [-0.4, -0.2) is 5.91 Å². The average Bonchev–Trinajstić information content (AvgIpc) is 2.48. The van der Waals surface area contributed by atoms with E-state index in [1.807, 2.05) is 75.4 Å². The second kappa shape index (κ2) is 7.14. The Bertz CT molecular complexity index is 641. The number of hydrogen-bond donors (Lipinski definition) is 1. The quantitative estimate of drug-likeness (QED) is 0.634. The van der Waals surface area contributed by atoms with Crippen LogP contribution in [0.25, 0.3) is 0 Å². The summed E-state index contributed by atoms with van der Waals surface area (Å²) in [7, 11) is 0. The maximum atomic E-state index is 12.5. The molecule has 0 spiro atoms. The van der Waals surface area contributed by atoms with E-state index in [1.54, 1.807) is 0 Å². The lowest BCUT2D eigenvalue weighted by molar-refractivity contribution is -0.112.